The molecule has 8 nitrogen and oxygen atoms in total. The van der Waals surface area contributed by atoms with Gasteiger partial charge in [-0.2, -0.15) is 10.4 Å². The number of anilines is 1. The maximum absolute atomic E-state index is 12.3. The number of rotatable bonds is 5. The number of hydrogen-bond donors (Lipinski definition) is 1. The van der Waals surface area contributed by atoms with Gasteiger partial charge in [0.2, 0.25) is 0 Å². The molecule has 0 aromatic carbocycles. The number of aromatic nitrogens is 3. The molecule has 0 spiro atoms. The van der Waals surface area contributed by atoms with Gasteiger partial charge in [-0.15, -0.1) is 0 Å². The lowest BCUT2D eigenvalue weighted by molar-refractivity contribution is -0.167. The molecule has 1 saturated carbocycles. The molecule has 1 N–H and O–H groups in total. The van der Waals surface area contributed by atoms with Gasteiger partial charge in [0.1, 0.15) is 30.6 Å². The molecule has 2 aromatic rings. The van der Waals surface area contributed by atoms with Crippen LogP contribution in [0.2, 0.25) is 0 Å². The zero-order valence-electron chi connectivity index (χ0n) is 15.6. The number of nitriles is 1. The molecule has 3 heterocycles. The van der Waals surface area contributed by atoms with Crippen LogP contribution < -0.4 is 5.32 Å². The van der Waals surface area contributed by atoms with E-state index in [0.717, 1.165) is 36.3 Å². The van der Waals surface area contributed by atoms with Crippen molar-refractivity contribution in [3.05, 3.63) is 24.2 Å². The fraction of sp³-hybridized carbons (Fsp3) is 0.579. The van der Waals surface area contributed by atoms with Crippen molar-refractivity contribution in [3.63, 3.8) is 0 Å². The summed E-state index contributed by atoms with van der Waals surface area (Å²) in [6, 6.07) is 6.09. The van der Waals surface area contributed by atoms with Crippen LogP contribution in [0.1, 0.15) is 50.8 Å². The van der Waals surface area contributed by atoms with Crippen LogP contribution in [0.15, 0.2) is 18.5 Å². The molecule has 2 atom stereocenters. The van der Waals surface area contributed by atoms with Crippen molar-refractivity contribution in [3.8, 4) is 6.07 Å². The van der Waals surface area contributed by atoms with Crippen molar-refractivity contribution in [2.45, 2.75) is 50.7 Å². The summed E-state index contributed by atoms with van der Waals surface area (Å²) < 4.78 is 13.4. The summed E-state index contributed by atoms with van der Waals surface area (Å²) in [5, 5.41) is 17.1. The van der Waals surface area contributed by atoms with E-state index in [1.807, 2.05) is 19.1 Å². The second-order valence-corrected chi connectivity index (χ2v) is 7.66. The molecule has 0 bridgehead atoms. The average molecular weight is 369 g/mol. The summed E-state index contributed by atoms with van der Waals surface area (Å²) in [5.41, 5.74) is 0.201. The quantitative estimate of drug-likeness (QED) is 0.808. The molecule has 2 aromatic heterocycles. The molecule has 1 aliphatic heterocycles. The van der Waals surface area contributed by atoms with E-state index in [-0.39, 0.29) is 18.7 Å². The minimum atomic E-state index is -1.11. The molecule has 4 rings (SSSR count). The lowest BCUT2D eigenvalue weighted by atomic mass is 9.70. The van der Waals surface area contributed by atoms with Gasteiger partial charge in [0.25, 0.3) is 0 Å². The SMILES string of the molecule is CNc1ncnn2c([C@H]3CC[C@@](C#N)(COC(=O)C4(C)CCC4)O3)ccc12. The number of carbonyl (C=O) groups excluding carboxylic acids is 1. The number of nitrogens with zero attached hydrogens (tertiary/aromatic N) is 4. The number of esters is 1. The maximum Gasteiger partial charge on any atom is 0.311 e. The van der Waals surface area contributed by atoms with E-state index in [4.69, 9.17) is 9.47 Å². The van der Waals surface area contributed by atoms with Crippen molar-refractivity contribution < 1.29 is 14.3 Å². The first-order valence-corrected chi connectivity index (χ1v) is 9.27. The Hall–Kier alpha value is -2.66. The van der Waals surface area contributed by atoms with Crippen LogP contribution in [0.5, 0.6) is 0 Å². The summed E-state index contributed by atoms with van der Waals surface area (Å²) in [4.78, 5) is 16.5. The third-order valence-electron chi connectivity index (χ3n) is 5.82. The maximum atomic E-state index is 12.3. The number of nitrogens with one attached hydrogen (secondary N) is 1. The zero-order chi connectivity index (χ0) is 19.1. The third kappa shape index (κ3) is 2.92. The van der Waals surface area contributed by atoms with Gasteiger partial charge in [-0.3, -0.25) is 4.79 Å². The Labute approximate surface area is 157 Å². The van der Waals surface area contributed by atoms with Crippen LogP contribution in [-0.4, -0.2) is 39.8 Å². The predicted molar refractivity (Wildman–Crippen MR) is 96.9 cm³/mol. The number of carbonyl (C=O) groups is 1. The molecule has 0 radical (unpaired) electrons. The van der Waals surface area contributed by atoms with E-state index < -0.39 is 11.0 Å². The summed E-state index contributed by atoms with van der Waals surface area (Å²) in [7, 11) is 1.80. The smallest absolute Gasteiger partial charge is 0.311 e. The first kappa shape index (κ1) is 17.7. The van der Waals surface area contributed by atoms with Crippen LogP contribution in [-0.2, 0) is 14.3 Å². The van der Waals surface area contributed by atoms with Crippen molar-refractivity contribution in [2.75, 3.05) is 19.0 Å². The average Bonchev–Trinajstić information content (AvgIpc) is 3.28. The molecule has 142 valence electrons. The monoisotopic (exact) mass is 369 g/mol. The number of fused-ring (bicyclic) bond motifs is 1. The predicted octanol–water partition coefficient (Wildman–Crippen LogP) is 2.62. The zero-order valence-corrected chi connectivity index (χ0v) is 15.6. The Kier molecular flexibility index (Phi) is 4.27. The molecule has 27 heavy (non-hydrogen) atoms. The first-order chi connectivity index (χ1) is 13.0. The van der Waals surface area contributed by atoms with Crippen molar-refractivity contribution in [1.29, 1.82) is 5.26 Å². The Morgan fingerprint density at radius 3 is 2.96 bits per heavy atom. The largest absolute Gasteiger partial charge is 0.461 e. The van der Waals surface area contributed by atoms with Gasteiger partial charge >= 0.3 is 5.97 Å². The van der Waals surface area contributed by atoms with Gasteiger partial charge in [-0.05, 0) is 44.7 Å². The Bertz CT molecular complexity index is 914. The lowest BCUT2D eigenvalue weighted by Crippen LogP contribution is -2.40. The van der Waals surface area contributed by atoms with Crippen LogP contribution in [0.25, 0.3) is 5.52 Å². The Balaban J connectivity index is 1.50. The molecular formula is C19H23N5O3. The van der Waals surface area contributed by atoms with E-state index in [0.29, 0.717) is 12.8 Å². The second kappa shape index (κ2) is 6.50. The van der Waals surface area contributed by atoms with E-state index in [1.54, 1.807) is 11.6 Å². The molecular weight excluding hydrogens is 346 g/mol. The summed E-state index contributed by atoms with van der Waals surface area (Å²) in [6.07, 6.45) is 5.10. The van der Waals surface area contributed by atoms with Crippen LogP contribution in [0.4, 0.5) is 5.82 Å². The topological polar surface area (TPSA) is 102 Å². The first-order valence-electron chi connectivity index (χ1n) is 9.27. The normalized spacial score (nSPS) is 26.3. The van der Waals surface area contributed by atoms with E-state index in [9.17, 15) is 10.1 Å². The van der Waals surface area contributed by atoms with Gasteiger partial charge in [0.05, 0.1) is 11.1 Å². The lowest BCUT2D eigenvalue weighted by Gasteiger charge is -2.36. The molecule has 0 amide bonds. The fourth-order valence-corrected chi connectivity index (χ4v) is 3.84. The number of hydrogen-bond acceptors (Lipinski definition) is 7. The van der Waals surface area contributed by atoms with Crippen molar-refractivity contribution in [1.82, 2.24) is 14.6 Å². The van der Waals surface area contributed by atoms with E-state index >= 15 is 0 Å². The molecule has 8 heteroatoms. The van der Waals surface area contributed by atoms with E-state index in [1.165, 1.54) is 6.33 Å². The van der Waals surface area contributed by atoms with Crippen LogP contribution in [0, 0.1) is 16.7 Å². The summed E-state index contributed by atoms with van der Waals surface area (Å²) in [5.74, 6) is 0.499. The fourth-order valence-electron chi connectivity index (χ4n) is 3.84. The highest BCUT2D eigenvalue weighted by molar-refractivity contribution is 5.77. The summed E-state index contributed by atoms with van der Waals surface area (Å²) in [6.45, 7) is 1.89. The second-order valence-electron chi connectivity index (χ2n) is 7.66. The van der Waals surface area contributed by atoms with Crippen molar-refractivity contribution >= 4 is 17.3 Å². The summed E-state index contributed by atoms with van der Waals surface area (Å²) >= 11 is 0. The highest BCUT2D eigenvalue weighted by Crippen LogP contribution is 2.43. The standard InChI is InChI=1S/C19H23N5O3/c1-18(7-3-8-18)17(25)26-11-19(10-20)9-6-15(27-19)13-4-5-14-16(21-2)22-12-23-24(13)14/h4-5,12,15H,3,6-9,11H2,1-2H3,(H,21,22,23)/t15-,19-/m1/s1. The van der Waals surface area contributed by atoms with Crippen LogP contribution >= 0.6 is 0 Å². The van der Waals surface area contributed by atoms with Gasteiger partial charge in [-0.25, -0.2) is 9.50 Å². The Morgan fingerprint density at radius 1 is 1.48 bits per heavy atom. The molecule has 1 aliphatic carbocycles. The molecule has 2 aliphatic rings. The van der Waals surface area contributed by atoms with E-state index in [2.05, 4.69) is 21.5 Å². The molecule has 1 saturated heterocycles. The van der Waals surface area contributed by atoms with Gasteiger partial charge in [0, 0.05) is 7.05 Å². The van der Waals surface area contributed by atoms with Gasteiger partial charge < -0.3 is 14.8 Å². The van der Waals surface area contributed by atoms with Gasteiger partial charge in [0.15, 0.2) is 11.4 Å². The highest BCUT2D eigenvalue weighted by atomic mass is 16.6. The van der Waals surface area contributed by atoms with Crippen molar-refractivity contribution in [2.24, 2.45) is 5.41 Å². The Morgan fingerprint density at radius 2 is 2.30 bits per heavy atom. The minimum absolute atomic E-state index is 0.0333. The molecule has 0 unspecified atom stereocenters. The van der Waals surface area contributed by atoms with Gasteiger partial charge in [-0.1, -0.05) is 6.42 Å². The highest BCUT2D eigenvalue weighted by Gasteiger charge is 2.46. The minimum Gasteiger partial charge on any atom is -0.461 e. The number of ether oxygens (including phenoxy) is 2. The molecule has 2 fully saturated rings. The van der Waals surface area contributed by atoms with Crippen LogP contribution in [0.3, 0.4) is 0 Å². The third-order valence-corrected chi connectivity index (χ3v) is 5.82.